The maximum Gasteiger partial charge on any atom is 0.255 e. The van der Waals surface area contributed by atoms with Crippen molar-refractivity contribution >= 4 is 55.2 Å². The average Bonchev–Trinajstić information content (AvgIpc) is 3.06. The predicted octanol–water partition coefficient (Wildman–Crippen LogP) is 4.48. The molecule has 26 heavy (non-hydrogen) atoms. The number of carbonyl (C=O) groups is 1. The Morgan fingerprint density at radius 3 is 2.58 bits per heavy atom. The first-order valence-corrected chi connectivity index (χ1v) is 10.6. The fourth-order valence-electron chi connectivity index (χ4n) is 3.41. The zero-order chi connectivity index (χ0) is 18.3. The summed E-state index contributed by atoms with van der Waals surface area (Å²) in [6.45, 7) is 7.38. The van der Waals surface area contributed by atoms with Gasteiger partial charge in [0.1, 0.15) is 0 Å². The van der Waals surface area contributed by atoms with Gasteiger partial charge in [0.2, 0.25) is 0 Å². The highest BCUT2D eigenvalue weighted by atomic mass is 127. The van der Waals surface area contributed by atoms with Crippen LogP contribution in [0.3, 0.4) is 0 Å². The van der Waals surface area contributed by atoms with E-state index < -0.39 is 0 Å². The number of rotatable bonds is 2. The highest BCUT2D eigenvalue weighted by Gasteiger charge is 2.25. The van der Waals surface area contributed by atoms with Gasteiger partial charge in [0, 0.05) is 29.7 Å². The second-order valence-electron chi connectivity index (χ2n) is 6.69. The van der Waals surface area contributed by atoms with Crippen LogP contribution >= 0.6 is 33.9 Å². The lowest BCUT2D eigenvalue weighted by Gasteiger charge is -2.34. The molecule has 1 amide bonds. The van der Waals surface area contributed by atoms with E-state index in [2.05, 4.69) is 53.5 Å². The summed E-state index contributed by atoms with van der Waals surface area (Å²) in [6.07, 6.45) is 0. The van der Waals surface area contributed by atoms with Gasteiger partial charge < -0.3 is 9.80 Å². The first-order valence-electron chi connectivity index (χ1n) is 8.69. The van der Waals surface area contributed by atoms with E-state index in [-0.39, 0.29) is 5.91 Å². The van der Waals surface area contributed by atoms with E-state index in [4.69, 9.17) is 4.98 Å². The summed E-state index contributed by atoms with van der Waals surface area (Å²) < 4.78 is 2.28. The van der Waals surface area contributed by atoms with Crippen LogP contribution in [0, 0.1) is 17.4 Å². The van der Waals surface area contributed by atoms with Crippen LogP contribution in [0.2, 0.25) is 0 Å². The van der Waals surface area contributed by atoms with Crippen molar-refractivity contribution in [2.24, 2.45) is 0 Å². The van der Waals surface area contributed by atoms with Crippen LogP contribution in [0.4, 0.5) is 5.13 Å². The molecule has 134 valence electrons. The molecule has 0 atom stereocenters. The third kappa shape index (κ3) is 3.32. The van der Waals surface area contributed by atoms with E-state index in [1.165, 1.54) is 15.8 Å². The van der Waals surface area contributed by atoms with Gasteiger partial charge in [-0.25, -0.2) is 4.98 Å². The Bertz CT molecular complexity index is 976. The van der Waals surface area contributed by atoms with Gasteiger partial charge in [-0.1, -0.05) is 29.5 Å². The zero-order valence-electron chi connectivity index (χ0n) is 14.8. The van der Waals surface area contributed by atoms with Crippen molar-refractivity contribution in [3.63, 3.8) is 0 Å². The van der Waals surface area contributed by atoms with Gasteiger partial charge >= 0.3 is 0 Å². The second-order valence-corrected chi connectivity index (χ2v) is 8.83. The number of halogens is 1. The maximum atomic E-state index is 12.8. The van der Waals surface area contributed by atoms with Crippen LogP contribution < -0.4 is 4.90 Å². The number of nitrogens with zero attached hydrogens (tertiary/aromatic N) is 3. The SMILES string of the molecule is Cc1cc(C)c2sc(N3CCN(C(=O)c4ccccc4I)CC3)nc2c1. The summed E-state index contributed by atoms with van der Waals surface area (Å²) >= 11 is 3.99. The van der Waals surface area contributed by atoms with Crippen LogP contribution in [0.5, 0.6) is 0 Å². The molecule has 4 nitrogen and oxygen atoms in total. The molecule has 2 aromatic carbocycles. The number of thiazole rings is 1. The van der Waals surface area contributed by atoms with Crippen molar-refractivity contribution in [3.8, 4) is 0 Å². The Labute approximate surface area is 171 Å². The fraction of sp³-hybridized carbons (Fsp3) is 0.300. The minimum absolute atomic E-state index is 0.130. The number of benzene rings is 2. The molecule has 1 aromatic heterocycles. The number of carbonyl (C=O) groups excluding carboxylic acids is 1. The van der Waals surface area contributed by atoms with Gasteiger partial charge in [0.05, 0.1) is 15.8 Å². The Morgan fingerprint density at radius 2 is 1.85 bits per heavy atom. The highest BCUT2D eigenvalue weighted by Crippen LogP contribution is 2.32. The molecular weight excluding hydrogens is 457 g/mol. The molecule has 1 saturated heterocycles. The van der Waals surface area contributed by atoms with Crippen LogP contribution in [0.15, 0.2) is 36.4 Å². The van der Waals surface area contributed by atoms with E-state index in [9.17, 15) is 4.79 Å². The standard InChI is InChI=1S/C20H20IN3OS/c1-13-11-14(2)18-17(12-13)22-20(26-18)24-9-7-23(8-10-24)19(25)15-5-3-4-6-16(15)21/h3-6,11-12H,7-10H2,1-2H3. The number of anilines is 1. The minimum atomic E-state index is 0.130. The molecule has 1 aliphatic heterocycles. The Morgan fingerprint density at radius 1 is 1.12 bits per heavy atom. The summed E-state index contributed by atoms with van der Waals surface area (Å²) in [7, 11) is 0. The fourth-order valence-corrected chi connectivity index (χ4v) is 5.09. The molecule has 0 saturated carbocycles. The van der Waals surface area contributed by atoms with Crippen LogP contribution in [0.1, 0.15) is 21.5 Å². The highest BCUT2D eigenvalue weighted by molar-refractivity contribution is 14.1. The maximum absolute atomic E-state index is 12.8. The Balaban J connectivity index is 1.49. The number of amides is 1. The molecule has 0 N–H and O–H groups in total. The number of fused-ring (bicyclic) bond motifs is 1. The number of aryl methyl sites for hydroxylation is 2. The van der Waals surface area contributed by atoms with E-state index in [1.807, 2.05) is 29.2 Å². The number of aromatic nitrogens is 1. The molecule has 0 radical (unpaired) electrons. The van der Waals surface area contributed by atoms with E-state index in [1.54, 1.807) is 11.3 Å². The molecule has 4 rings (SSSR count). The molecule has 6 heteroatoms. The minimum Gasteiger partial charge on any atom is -0.345 e. The topological polar surface area (TPSA) is 36.4 Å². The second kappa shape index (κ2) is 7.15. The number of piperazine rings is 1. The van der Waals surface area contributed by atoms with Gasteiger partial charge in [-0.05, 0) is 65.8 Å². The van der Waals surface area contributed by atoms with Gasteiger partial charge in [-0.15, -0.1) is 0 Å². The van der Waals surface area contributed by atoms with Crippen molar-refractivity contribution in [2.45, 2.75) is 13.8 Å². The summed E-state index contributed by atoms with van der Waals surface area (Å²) in [5, 5.41) is 1.06. The normalized spacial score (nSPS) is 14.9. The Hall–Kier alpha value is -1.67. The molecule has 2 heterocycles. The van der Waals surface area contributed by atoms with Crippen LogP contribution in [-0.2, 0) is 0 Å². The molecule has 0 aliphatic carbocycles. The van der Waals surface area contributed by atoms with E-state index in [0.29, 0.717) is 0 Å². The van der Waals surface area contributed by atoms with Crippen molar-refractivity contribution < 1.29 is 4.79 Å². The third-order valence-corrected chi connectivity index (χ3v) is 6.96. The third-order valence-electron chi connectivity index (χ3n) is 4.75. The lowest BCUT2D eigenvalue weighted by atomic mass is 10.1. The summed E-state index contributed by atoms with van der Waals surface area (Å²) in [6, 6.07) is 12.1. The van der Waals surface area contributed by atoms with E-state index >= 15 is 0 Å². The lowest BCUT2D eigenvalue weighted by Crippen LogP contribution is -2.48. The van der Waals surface area contributed by atoms with E-state index in [0.717, 1.165) is 46.0 Å². The first kappa shape index (κ1) is 17.7. The predicted molar refractivity (Wildman–Crippen MR) is 116 cm³/mol. The van der Waals surface area contributed by atoms with Crippen LogP contribution in [0.25, 0.3) is 10.2 Å². The van der Waals surface area contributed by atoms with Crippen LogP contribution in [-0.4, -0.2) is 42.0 Å². The quantitative estimate of drug-likeness (QED) is 0.511. The lowest BCUT2D eigenvalue weighted by molar-refractivity contribution is 0.0745. The van der Waals surface area contributed by atoms with Gasteiger partial charge in [-0.2, -0.15) is 0 Å². The smallest absolute Gasteiger partial charge is 0.255 e. The Kier molecular flexibility index (Phi) is 4.88. The van der Waals surface area contributed by atoms with Crippen molar-refractivity contribution in [1.82, 2.24) is 9.88 Å². The van der Waals surface area contributed by atoms with Crippen molar-refractivity contribution in [1.29, 1.82) is 0 Å². The van der Waals surface area contributed by atoms with Crippen molar-refractivity contribution in [3.05, 3.63) is 56.7 Å². The van der Waals surface area contributed by atoms with Gasteiger partial charge in [0.15, 0.2) is 5.13 Å². The molecule has 1 aliphatic rings. The summed E-state index contributed by atoms with van der Waals surface area (Å²) in [5.41, 5.74) is 4.42. The molecule has 1 fully saturated rings. The number of hydrogen-bond acceptors (Lipinski definition) is 4. The molecular formula is C20H20IN3OS. The monoisotopic (exact) mass is 477 g/mol. The molecule has 0 unspecified atom stereocenters. The largest absolute Gasteiger partial charge is 0.345 e. The molecule has 0 spiro atoms. The zero-order valence-corrected chi connectivity index (χ0v) is 17.8. The number of hydrogen-bond donors (Lipinski definition) is 0. The summed E-state index contributed by atoms with van der Waals surface area (Å²) in [5.74, 6) is 0.130. The molecule has 3 aromatic rings. The van der Waals surface area contributed by atoms with Gasteiger partial charge in [-0.3, -0.25) is 4.79 Å². The average molecular weight is 477 g/mol. The summed E-state index contributed by atoms with van der Waals surface area (Å²) in [4.78, 5) is 21.9. The first-order chi connectivity index (χ1) is 12.5. The van der Waals surface area contributed by atoms with Crippen molar-refractivity contribution in [2.75, 3.05) is 31.1 Å². The van der Waals surface area contributed by atoms with Gasteiger partial charge in [0.25, 0.3) is 5.91 Å². The molecule has 0 bridgehead atoms.